The Balaban J connectivity index is 1.94. The molecular weight excluding hydrogens is 285 g/mol. The summed E-state index contributed by atoms with van der Waals surface area (Å²) in [7, 11) is 0. The van der Waals surface area contributed by atoms with E-state index < -0.39 is 5.97 Å². The molecule has 0 aliphatic heterocycles. The molecule has 0 unspecified atom stereocenters. The van der Waals surface area contributed by atoms with Gasteiger partial charge in [-0.15, -0.1) is 0 Å². The lowest BCUT2D eigenvalue weighted by molar-refractivity contribution is -0.132. The zero-order valence-electron chi connectivity index (χ0n) is 9.90. The van der Waals surface area contributed by atoms with Gasteiger partial charge in [-0.2, -0.15) is 0 Å². The van der Waals surface area contributed by atoms with Crippen molar-refractivity contribution in [3.63, 3.8) is 0 Å². The van der Waals surface area contributed by atoms with E-state index in [1.807, 2.05) is 6.07 Å². The summed E-state index contributed by atoms with van der Waals surface area (Å²) in [6.07, 6.45) is 0. The van der Waals surface area contributed by atoms with E-state index in [1.54, 1.807) is 42.5 Å². The first-order valence-electron chi connectivity index (χ1n) is 5.60. The number of hydrogen-bond donors (Lipinski definition) is 1. The summed E-state index contributed by atoms with van der Waals surface area (Å²) in [5, 5.41) is 3.78. The maximum atomic E-state index is 11.6. The lowest BCUT2D eigenvalue weighted by Crippen LogP contribution is -2.19. The Morgan fingerprint density at radius 2 is 1.63 bits per heavy atom. The van der Waals surface area contributed by atoms with Gasteiger partial charge in [0.15, 0.2) is 0 Å². The first-order valence-corrected chi connectivity index (χ1v) is 6.36. The third-order valence-corrected chi connectivity index (χ3v) is 2.98. The van der Waals surface area contributed by atoms with E-state index in [0.717, 1.165) is 0 Å². The van der Waals surface area contributed by atoms with Crippen molar-refractivity contribution in [3.8, 4) is 5.75 Å². The van der Waals surface area contributed by atoms with Crippen molar-refractivity contribution < 1.29 is 9.53 Å². The Hall–Kier alpha value is -1.71. The van der Waals surface area contributed by atoms with Gasteiger partial charge in [0.05, 0.1) is 15.7 Å². The topological polar surface area (TPSA) is 38.3 Å². The lowest BCUT2D eigenvalue weighted by Gasteiger charge is -2.09. The number of para-hydroxylation sites is 2. The van der Waals surface area contributed by atoms with Crippen LogP contribution in [0.1, 0.15) is 0 Å². The van der Waals surface area contributed by atoms with Crippen LogP contribution < -0.4 is 10.1 Å². The van der Waals surface area contributed by atoms with Crippen molar-refractivity contribution in [1.82, 2.24) is 0 Å². The summed E-state index contributed by atoms with van der Waals surface area (Å²) in [6.45, 7) is -0.0155. The third kappa shape index (κ3) is 3.88. The number of anilines is 1. The minimum absolute atomic E-state index is 0.0155. The van der Waals surface area contributed by atoms with Crippen molar-refractivity contribution in [2.75, 3.05) is 11.9 Å². The molecule has 0 aromatic heterocycles. The fourth-order valence-corrected chi connectivity index (χ4v) is 2.01. The molecule has 2 aromatic rings. The van der Waals surface area contributed by atoms with E-state index in [4.69, 9.17) is 27.9 Å². The zero-order valence-corrected chi connectivity index (χ0v) is 11.4. The maximum Gasteiger partial charge on any atom is 0.330 e. The van der Waals surface area contributed by atoms with Crippen molar-refractivity contribution in [2.45, 2.75) is 0 Å². The molecule has 0 bridgehead atoms. The van der Waals surface area contributed by atoms with Gasteiger partial charge in [0, 0.05) is 0 Å². The summed E-state index contributed by atoms with van der Waals surface area (Å²) >= 11 is 11.9. The van der Waals surface area contributed by atoms with E-state index in [2.05, 4.69) is 5.32 Å². The van der Waals surface area contributed by atoms with Gasteiger partial charge in [0.1, 0.15) is 12.3 Å². The second-order valence-corrected chi connectivity index (χ2v) is 4.55. The smallest absolute Gasteiger partial charge is 0.330 e. The number of halogens is 2. The molecule has 2 aromatic carbocycles. The van der Waals surface area contributed by atoms with Gasteiger partial charge in [-0.05, 0) is 24.3 Å². The van der Waals surface area contributed by atoms with Crippen LogP contribution in [0.3, 0.4) is 0 Å². The number of carbonyl (C=O) groups excluding carboxylic acids is 1. The molecule has 0 spiro atoms. The monoisotopic (exact) mass is 295 g/mol. The number of hydrogen-bond acceptors (Lipinski definition) is 3. The van der Waals surface area contributed by atoms with Crippen LogP contribution >= 0.6 is 23.2 Å². The summed E-state index contributed by atoms with van der Waals surface area (Å²) in [5.41, 5.74) is 0.524. The van der Waals surface area contributed by atoms with Crippen LogP contribution in [0.15, 0.2) is 48.5 Å². The van der Waals surface area contributed by atoms with Crippen LogP contribution in [-0.2, 0) is 4.79 Å². The minimum atomic E-state index is -0.415. The summed E-state index contributed by atoms with van der Waals surface area (Å²) in [6, 6.07) is 14.0. The molecule has 3 nitrogen and oxygen atoms in total. The average molecular weight is 296 g/mol. The quantitative estimate of drug-likeness (QED) is 0.684. The number of esters is 1. The fourth-order valence-electron chi connectivity index (χ4n) is 1.48. The number of rotatable bonds is 4. The molecule has 0 radical (unpaired) electrons. The van der Waals surface area contributed by atoms with Gasteiger partial charge < -0.3 is 10.1 Å². The minimum Gasteiger partial charge on any atom is -0.425 e. The molecule has 19 heavy (non-hydrogen) atoms. The summed E-state index contributed by atoms with van der Waals surface area (Å²) in [4.78, 5) is 11.6. The predicted molar refractivity (Wildman–Crippen MR) is 77.0 cm³/mol. The van der Waals surface area contributed by atoms with Gasteiger partial charge in [-0.3, -0.25) is 0 Å². The van der Waals surface area contributed by atoms with Crippen LogP contribution in [0.25, 0.3) is 0 Å². The molecule has 98 valence electrons. The molecule has 0 saturated carbocycles. The van der Waals surface area contributed by atoms with E-state index in [-0.39, 0.29) is 6.54 Å². The van der Waals surface area contributed by atoms with Gasteiger partial charge in [-0.25, -0.2) is 4.79 Å². The van der Waals surface area contributed by atoms with Crippen LogP contribution in [0.4, 0.5) is 5.69 Å². The molecule has 5 heteroatoms. The zero-order chi connectivity index (χ0) is 13.7. The van der Waals surface area contributed by atoms with Crippen molar-refractivity contribution >= 4 is 34.9 Å². The molecule has 2 rings (SSSR count). The first-order chi connectivity index (χ1) is 9.16. The SMILES string of the molecule is O=C(CNc1c(Cl)cccc1Cl)Oc1ccccc1. The summed E-state index contributed by atoms with van der Waals surface area (Å²) < 4.78 is 5.13. The largest absolute Gasteiger partial charge is 0.425 e. The normalized spacial score (nSPS) is 10.0. The molecule has 0 aliphatic rings. The lowest BCUT2D eigenvalue weighted by atomic mass is 10.3. The van der Waals surface area contributed by atoms with Crippen LogP contribution in [0.2, 0.25) is 10.0 Å². The maximum absolute atomic E-state index is 11.6. The Labute approximate surface area is 121 Å². The third-order valence-electron chi connectivity index (χ3n) is 2.35. The number of ether oxygens (including phenoxy) is 1. The van der Waals surface area contributed by atoms with Crippen LogP contribution in [0.5, 0.6) is 5.75 Å². The van der Waals surface area contributed by atoms with E-state index in [9.17, 15) is 4.79 Å². The number of benzene rings is 2. The number of nitrogens with one attached hydrogen (secondary N) is 1. The van der Waals surface area contributed by atoms with E-state index >= 15 is 0 Å². The second kappa shape index (κ2) is 6.45. The van der Waals surface area contributed by atoms with Crippen LogP contribution in [0, 0.1) is 0 Å². The molecule has 1 N–H and O–H groups in total. The van der Waals surface area contributed by atoms with Crippen molar-refractivity contribution in [1.29, 1.82) is 0 Å². The van der Waals surface area contributed by atoms with Crippen molar-refractivity contribution in [3.05, 3.63) is 58.6 Å². The second-order valence-electron chi connectivity index (χ2n) is 3.74. The van der Waals surface area contributed by atoms with E-state index in [1.165, 1.54) is 0 Å². The highest BCUT2D eigenvalue weighted by Gasteiger charge is 2.08. The molecule has 0 atom stereocenters. The summed E-state index contributed by atoms with van der Waals surface area (Å²) in [5.74, 6) is 0.0849. The molecule has 0 amide bonds. The van der Waals surface area contributed by atoms with Crippen LogP contribution in [-0.4, -0.2) is 12.5 Å². The highest BCUT2D eigenvalue weighted by Crippen LogP contribution is 2.29. The Kier molecular flexibility index (Phi) is 4.66. The predicted octanol–water partition coefficient (Wildman–Crippen LogP) is 4.01. The molecule has 0 saturated heterocycles. The Morgan fingerprint density at radius 1 is 1.00 bits per heavy atom. The van der Waals surface area contributed by atoms with Crippen molar-refractivity contribution in [2.24, 2.45) is 0 Å². The average Bonchev–Trinajstić information content (AvgIpc) is 2.39. The Morgan fingerprint density at radius 3 is 2.26 bits per heavy atom. The number of carbonyl (C=O) groups is 1. The molecule has 0 heterocycles. The molecule has 0 aliphatic carbocycles. The highest BCUT2D eigenvalue weighted by atomic mass is 35.5. The van der Waals surface area contributed by atoms with Gasteiger partial charge >= 0.3 is 5.97 Å². The van der Waals surface area contributed by atoms with Gasteiger partial charge in [0.2, 0.25) is 0 Å². The highest BCUT2D eigenvalue weighted by molar-refractivity contribution is 6.39. The molecular formula is C14H11Cl2NO2. The first kappa shape index (κ1) is 13.7. The molecule has 0 fully saturated rings. The van der Waals surface area contributed by atoms with Gasteiger partial charge in [0.25, 0.3) is 0 Å². The van der Waals surface area contributed by atoms with E-state index in [0.29, 0.717) is 21.5 Å². The fraction of sp³-hybridized carbons (Fsp3) is 0.0714. The van der Waals surface area contributed by atoms with Gasteiger partial charge in [-0.1, -0.05) is 47.5 Å². The Bertz CT molecular complexity index is 553. The standard InChI is InChI=1S/C14H11Cl2NO2/c15-11-7-4-8-12(16)14(11)17-9-13(18)19-10-5-2-1-3-6-10/h1-8,17H,9H2.